The Kier molecular flexibility index (Phi) is 10.2. The summed E-state index contributed by atoms with van der Waals surface area (Å²) in [5.41, 5.74) is 0.463. The Bertz CT molecular complexity index is 869. The number of halogens is 1. The average Bonchev–Trinajstić information content (AvgIpc) is 2.84. The van der Waals surface area contributed by atoms with Gasteiger partial charge in [-0.3, -0.25) is 9.59 Å². The van der Waals surface area contributed by atoms with Crippen molar-refractivity contribution in [3.8, 4) is 5.75 Å². The number of aliphatic hydroxyl groups is 2. The van der Waals surface area contributed by atoms with Crippen LogP contribution in [0, 0.1) is 15.4 Å². The summed E-state index contributed by atoms with van der Waals surface area (Å²) in [4.78, 5) is 28.0. The molecule has 1 aromatic carbocycles. The van der Waals surface area contributed by atoms with Crippen molar-refractivity contribution in [2.75, 3.05) is 19.7 Å². The van der Waals surface area contributed by atoms with Crippen LogP contribution in [-0.4, -0.2) is 64.9 Å². The molecule has 34 heavy (non-hydrogen) atoms. The Morgan fingerprint density at radius 1 is 1.21 bits per heavy atom. The van der Waals surface area contributed by atoms with E-state index in [9.17, 15) is 14.7 Å². The van der Waals surface area contributed by atoms with Gasteiger partial charge in [0.1, 0.15) is 18.0 Å². The Morgan fingerprint density at radius 2 is 1.91 bits per heavy atom. The minimum Gasteiger partial charge on any atom is -0.482 e. The van der Waals surface area contributed by atoms with E-state index in [0.717, 1.165) is 29.3 Å². The number of carbonyl (C=O) groups is 2. The summed E-state index contributed by atoms with van der Waals surface area (Å²) in [5, 5.41) is 23.3. The highest BCUT2D eigenvalue weighted by Gasteiger charge is 2.41. The van der Waals surface area contributed by atoms with Crippen molar-refractivity contribution in [1.82, 2.24) is 10.2 Å². The van der Waals surface area contributed by atoms with Crippen molar-refractivity contribution in [1.29, 1.82) is 0 Å². The summed E-state index contributed by atoms with van der Waals surface area (Å²) in [6, 6.07) is 6.95. The van der Waals surface area contributed by atoms with E-state index in [1.165, 1.54) is 6.42 Å². The van der Waals surface area contributed by atoms with E-state index in [1.807, 2.05) is 43.0 Å². The molecule has 1 fully saturated rings. The fourth-order valence-corrected chi connectivity index (χ4v) is 5.35. The summed E-state index contributed by atoms with van der Waals surface area (Å²) in [5.74, 6) is 0.475. The van der Waals surface area contributed by atoms with E-state index in [0.29, 0.717) is 23.8 Å². The highest BCUT2D eigenvalue weighted by molar-refractivity contribution is 14.1. The number of hydrogen-bond donors (Lipinski definition) is 3. The van der Waals surface area contributed by atoms with Crippen LogP contribution in [0.3, 0.4) is 0 Å². The van der Waals surface area contributed by atoms with Crippen LogP contribution in [0.1, 0.15) is 52.4 Å². The minimum atomic E-state index is -0.975. The highest BCUT2D eigenvalue weighted by atomic mass is 127. The van der Waals surface area contributed by atoms with Gasteiger partial charge in [0, 0.05) is 31.0 Å². The molecule has 3 rings (SSSR count). The maximum atomic E-state index is 13.3. The quantitative estimate of drug-likeness (QED) is 0.387. The summed E-state index contributed by atoms with van der Waals surface area (Å²) < 4.78 is 7.09. The van der Waals surface area contributed by atoms with Crippen LogP contribution in [0.4, 0.5) is 0 Å². The first-order valence-electron chi connectivity index (χ1n) is 12.3. The molecule has 2 aliphatic rings. The maximum Gasteiger partial charge on any atom is 0.247 e. The van der Waals surface area contributed by atoms with Crippen LogP contribution in [0.15, 0.2) is 35.9 Å². The van der Waals surface area contributed by atoms with Gasteiger partial charge in [-0.05, 0) is 59.6 Å². The third-order valence-corrected chi connectivity index (χ3v) is 7.56. The Morgan fingerprint density at radius 3 is 2.56 bits per heavy atom. The minimum absolute atomic E-state index is 0.0142. The largest absolute Gasteiger partial charge is 0.482 e. The zero-order valence-electron chi connectivity index (χ0n) is 20.1. The Hall–Kier alpha value is -1.65. The first kappa shape index (κ1) is 26.9. The molecule has 1 aromatic rings. The van der Waals surface area contributed by atoms with Gasteiger partial charge in [-0.2, -0.15) is 0 Å². The van der Waals surface area contributed by atoms with Crippen molar-refractivity contribution >= 4 is 34.4 Å². The number of nitrogens with one attached hydrogen (secondary N) is 1. The fraction of sp³-hybridized carbons (Fsp3) is 0.615. The Labute approximate surface area is 216 Å². The predicted octanol–water partition coefficient (Wildman–Crippen LogP) is 3.27. The van der Waals surface area contributed by atoms with Crippen molar-refractivity contribution in [2.45, 2.75) is 70.6 Å². The van der Waals surface area contributed by atoms with Crippen LogP contribution in [0.2, 0.25) is 0 Å². The lowest BCUT2D eigenvalue weighted by Crippen LogP contribution is -2.57. The van der Waals surface area contributed by atoms with Crippen molar-refractivity contribution in [3.05, 3.63) is 39.5 Å². The van der Waals surface area contributed by atoms with Crippen molar-refractivity contribution < 1.29 is 24.5 Å². The smallest absolute Gasteiger partial charge is 0.247 e. The molecule has 2 aliphatic carbocycles. The van der Waals surface area contributed by atoms with Gasteiger partial charge in [0.25, 0.3) is 0 Å². The van der Waals surface area contributed by atoms with Gasteiger partial charge in [-0.15, -0.1) is 0 Å². The number of rotatable bonds is 9. The molecule has 8 heteroatoms. The number of nitrogens with zero attached hydrogens (tertiary/aromatic N) is 1. The molecule has 3 atom stereocenters. The van der Waals surface area contributed by atoms with Gasteiger partial charge in [0.2, 0.25) is 11.8 Å². The molecule has 188 valence electrons. The second-order valence-electron chi connectivity index (χ2n) is 9.60. The number of para-hydroxylation sites is 1. The number of ether oxygens (including phenoxy) is 1. The van der Waals surface area contributed by atoms with Gasteiger partial charge in [0.15, 0.2) is 0 Å². The molecule has 0 aromatic heterocycles. The van der Waals surface area contributed by atoms with E-state index < -0.39 is 18.2 Å². The number of hydrogen-bond acceptors (Lipinski definition) is 5. The van der Waals surface area contributed by atoms with Gasteiger partial charge in [-0.1, -0.05) is 45.2 Å². The zero-order valence-corrected chi connectivity index (χ0v) is 22.2. The van der Waals surface area contributed by atoms with Gasteiger partial charge in [-0.25, -0.2) is 0 Å². The van der Waals surface area contributed by atoms with Crippen molar-refractivity contribution in [3.63, 3.8) is 0 Å². The summed E-state index contributed by atoms with van der Waals surface area (Å²) >= 11 is 2.18. The van der Waals surface area contributed by atoms with Crippen LogP contribution in [-0.2, 0) is 9.59 Å². The van der Waals surface area contributed by atoms with Crippen LogP contribution >= 0.6 is 22.6 Å². The van der Waals surface area contributed by atoms with E-state index in [1.54, 1.807) is 6.08 Å². The third kappa shape index (κ3) is 6.95. The standard InChI is InChI=1S/C26H37IN2O5/c1-17(2)26(33)29(16-18-8-4-3-5-9-18)21-14-19(25(32)28-12-13-30)15-23(24(21)31)34-22-11-7-6-10-20(22)27/h6-7,10-11,15,17-18,21,23-24,30-31H,3-5,8-9,12-14,16H2,1-2H3,(H,28,32)/t21-,23+,24+/m1/s1. The lowest BCUT2D eigenvalue weighted by atomic mass is 9.85. The first-order chi connectivity index (χ1) is 16.3. The first-order valence-corrected chi connectivity index (χ1v) is 13.4. The molecule has 0 heterocycles. The lowest BCUT2D eigenvalue weighted by Gasteiger charge is -2.43. The molecular formula is C26H37IN2O5. The van der Waals surface area contributed by atoms with Crippen LogP contribution in [0.25, 0.3) is 0 Å². The molecule has 0 radical (unpaired) electrons. The van der Waals surface area contributed by atoms with E-state index in [-0.39, 0.29) is 37.3 Å². The summed E-state index contributed by atoms with van der Waals surface area (Å²) in [6.07, 6.45) is 5.85. The normalized spacial score (nSPS) is 23.4. The maximum absolute atomic E-state index is 13.3. The topological polar surface area (TPSA) is 99.1 Å². The number of benzene rings is 1. The van der Waals surface area contributed by atoms with E-state index in [4.69, 9.17) is 9.84 Å². The molecule has 0 unspecified atom stereocenters. The predicted molar refractivity (Wildman–Crippen MR) is 139 cm³/mol. The second-order valence-corrected chi connectivity index (χ2v) is 10.8. The monoisotopic (exact) mass is 584 g/mol. The number of carbonyl (C=O) groups excluding carboxylic acids is 2. The molecular weight excluding hydrogens is 547 g/mol. The summed E-state index contributed by atoms with van der Waals surface area (Å²) in [6.45, 7) is 4.31. The molecule has 2 amide bonds. The molecule has 0 aliphatic heterocycles. The Balaban J connectivity index is 1.92. The fourth-order valence-electron chi connectivity index (χ4n) is 4.83. The SMILES string of the molecule is CC(C)C(=O)N(CC1CCCCC1)[C@@H]1CC(C(=O)NCCO)=C[C@H](Oc2ccccc2I)[C@H]1O. The highest BCUT2D eigenvalue weighted by Crippen LogP contribution is 2.32. The number of aliphatic hydroxyl groups excluding tert-OH is 2. The van der Waals surface area contributed by atoms with Gasteiger partial charge >= 0.3 is 0 Å². The molecule has 0 spiro atoms. The van der Waals surface area contributed by atoms with E-state index in [2.05, 4.69) is 27.9 Å². The molecule has 0 saturated heterocycles. The molecule has 7 nitrogen and oxygen atoms in total. The van der Waals surface area contributed by atoms with Crippen molar-refractivity contribution in [2.24, 2.45) is 11.8 Å². The van der Waals surface area contributed by atoms with Crippen LogP contribution < -0.4 is 10.1 Å². The second kappa shape index (κ2) is 12.9. The lowest BCUT2D eigenvalue weighted by molar-refractivity contribution is -0.143. The third-order valence-electron chi connectivity index (χ3n) is 6.67. The molecule has 1 saturated carbocycles. The zero-order chi connectivity index (χ0) is 24.7. The van der Waals surface area contributed by atoms with Gasteiger partial charge < -0.3 is 25.2 Å². The average molecular weight is 584 g/mol. The molecule has 0 bridgehead atoms. The van der Waals surface area contributed by atoms with Gasteiger partial charge in [0.05, 0.1) is 16.2 Å². The summed E-state index contributed by atoms with van der Waals surface area (Å²) in [7, 11) is 0. The number of amides is 2. The molecule has 3 N–H and O–H groups in total. The van der Waals surface area contributed by atoms with Crippen LogP contribution in [0.5, 0.6) is 5.75 Å². The van der Waals surface area contributed by atoms with E-state index >= 15 is 0 Å².